The summed E-state index contributed by atoms with van der Waals surface area (Å²) in [6, 6.07) is 8.37. The summed E-state index contributed by atoms with van der Waals surface area (Å²) < 4.78 is 0. The molecule has 2 aromatic heterocycles. The van der Waals surface area contributed by atoms with E-state index in [1.54, 1.807) is 42.7 Å². The van der Waals surface area contributed by atoms with Gasteiger partial charge in [0.05, 0.1) is 11.9 Å². The van der Waals surface area contributed by atoms with E-state index >= 15 is 0 Å². The topological polar surface area (TPSA) is 54.9 Å². The minimum atomic E-state index is -0.310. The minimum absolute atomic E-state index is 0.274. The Labute approximate surface area is 97.3 Å². The molecule has 2 rings (SSSR count). The third-order valence-corrected chi connectivity index (χ3v) is 2.08. The smallest absolute Gasteiger partial charge is 0.274 e. The van der Waals surface area contributed by atoms with Crippen molar-refractivity contribution in [2.75, 3.05) is 5.32 Å². The van der Waals surface area contributed by atoms with Gasteiger partial charge in [0.2, 0.25) is 0 Å². The maximum absolute atomic E-state index is 11.7. The Morgan fingerprint density at radius 2 is 2.12 bits per heavy atom. The highest BCUT2D eigenvalue weighted by atomic mass is 35.5. The van der Waals surface area contributed by atoms with Gasteiger partial charge in [-0.2, -0.15) is 0 Å². The zero-order chi connectivity index (χ0) is 11.4. The monoisotopic (exact) mass is 233 g/mol. The first-order valence-corrected chi connectivity index (χ1v) is 4.97. The van der Waals surface area contributed by atoms with Gasteiger partial charge in [0.25, 0.3) is 5.91 Å². The quantitative estimate of drug-likeness (QED) is 0.811. The fourth-order valence-electron chi connectivity index (χ4n) is 1.17. The lowest BCUT2D eigenvalue weighted by Crippen LogP contribution is -2.13. The number of hydrogen-bond donors (Lipinski definition) is 1. The average Bonchev–Trinajstić information content (AvgIpc) is 2.30. The zero-order valence-electron chi connectivity index (χ0n) is 8.22. The maximum Gasteiger partial charge on any atom is 0.274 e. The van der Waals surface area contributed by atoms with Gasteiger partial charge >= 0.3 is 0 Å². The summed E-state index contributed by atoms with van der Waals surface area (Å²) in [4.78, 5) is 19.5. The Bertz CT molecular complexity index is 502. The van der Waals surface area contributed by atoms with Crippen LogP contribution in [0.5, 0.6) is 0 Å². The predicted molar refractivity (Wildman–Crippen MR) is 61.4 cm³/mol. The lowest BCUT2D eigenvalue weighted by molar-refractivity contribution is 0.102. The van der Waals surface area contributed by atoms with E-state index in [2.05, 4.69) is 15.3 Å². The Morgan fingerprint density at radius 1 is 1.25 bits per heavy atom. The number of halogens is 1. The summed E-state index contributed by atoms with van der Waals surface area (Å²) >= 11 is 5.69. The standard InChI is InChI=1S/C11H8ClN3O/c12-10-5-1-4-9(15-10)11(16)14-8-3-2-6-13-7-8/h1-7H,(H,14,16). The number of anilines is 1. The van der Waals surface area contributed by atoms with Crippen LogP contribution in [-0.4, -0.2) is 15.9 Å². The highest BCUT2D eigenvalue weighted by Gasteiger charge is 2.07. The van der Waals surface area contributed by atoms with Crippen LogP contribution in [0.25, 0.3) is 0 Å². The Morgan fingerprint density at radius 3 is 2.81 bits per heavy atom. The molecular formula is C11H8ClN3O. The molecule has 0 unspecified atom stereocenters. The average molecular weight is 234 g/mol. The molecule has 0 radical (unpaired) electrons. The van der Waals surface area contributed by atoms with Crippen molar-refractivity contribution in [3.05, 3.63) is 53.6 Å². The Balaban J connectivity index is 2.15. The molecule has 0 bridgehead atoms. The summed E-state index contributed by atoms with van der Waals surface area (Å²) in [6.45, 7) is 0. The van der Waals surface area contributed by atoms with Crippen LogP contribution in [0, 0.1) is 0 Å². The Kier molecular flexibility index (Phi) is 3.12. The van der Waals surface area contributed by atoms with Gasteiger partial charge in [-0.1, -0.05) is 17.7 Å². The molecule has 0 aromatic carbocycles. The van der Waals surface area contributed by atoms with Gasteiger partial charge < -0.3 is 5.32 Å². The van der Waals surface area contributed by atoms with Crippen molar-refractivity contribution in [1.82, 2.24) is 9.97 Å². The molecule has 5 heteroatoms. The van der Waals surface area contributed by atoms with Crippen molar-refractivity contribution >= 4 is 23.2 Å². The molecule has 0 saturated carbocycles. The molecule has 2 heterocycles. The molecule has 16 heavy (non-hydrogen) atoms. The highest BCUT2D eigenvalue weighted by molar-refractivity contribution is 6.29. The van der Waals surface area contributed by atoms with Crippen LogP contribution in [0.15, 0.2) is 42.7 Å². The van der Waals surface area contributed by atoms with E-state index in [9.17, 15) is 4.79 Å². The van der Waals surface area contributed by atoms with E-state index in [-0.39, 0.29) is 11.6 Å². The summed E-state index contributed by atoms with van der Waals surface area (Å²) in [6.07, 6.45) is 3.19. The van der Waals surface area contributed by atoms with Crippen LogP contribution in [-0.2, 0) is 0 Å². The highest BCUT2D eigenvalue weighted by Crippen LogP contribution is 2.08. The van der Waals surface area contributed by atoms with Gasteiger partial charge in [-0.15, -0.1) is 0 Å². The van der Waals surface area contributed by atoms with E-state index < -0.39 is 0 Å². The van der Waals surface area contributed by atoms with Crippen LogP contribution >= 0.6 is 11.6 Å². The van der Waals surface area contributed by atoms with Gasteiger partial charge in [-0.05, 0) is 24.3 Å². The van der Waals surface area contributed by atoms with E-state index in [0.717, 1.165) is 0 Å². The summed E-state index contributed by atoms with van der Waals surface area (Å²) in [5.74, 6) is -0.310. The molecule has 0 aliphatic heterocycles. The SMILES string of the molecule is O=C(Nc1cccnc1)c1cccc(Cl)n1. The third-order valence-electron chi connectivity index (χ3n) is 1.87. The number of nitrogens with zero attached hydrogens (tertiary/aromatic N) is 2. The second-order valence-electron chi connectivity index (χ2n) is 3.04. The van der Waals surface area contributed by atoms with Crippen LogP contribution in [0.2, 0.25) is 5.15 Å². The van der Waals surface area contributed by atoms with Crippen molar-refractivity contribution in [1.29, 1.82) is 0 Å². The van der Waals surface area contributed by atoms with Gasteiger partial charge in [-0.3, -0.25) is 9.78 Å². The number of aromatic nitrogens is 2. The number of hydrogen-bond acceptors (Lipinski definition) is 3. The molecule has 0 atom stereocenters. The van der Waals surface area contributed by atoms with Gasteiger partial charge in [-0.25, -0.2) is 4.98 Å². The fourth-order valence-corrected chi connectivity index (χ4v) is 1.33. The van der Waals surface area contributed by atoms with Crippen LogP contribution in [0.4, 0.5) is 5.69 Å². The second-order valence-corrected chi connectivity index (χ2v) is 3.43. The number of rotatable bonds is 2. The summed E-state index contributed by atoms with van der Waals surface area (Å²) in [7, 11) is 0. The summed E-state index contributed by atoms with van der Waals surface area (Å²) in [5, 5.41) is 2.95. The predicted octanol–water partition coefficient (Wildman–Crippen LogP) is 2.38. The number of amides is 1. The van der Waals surface area contributed by atoms with E-state index in [0.29, 0.717) is 10.8 Å². The van der Waals surface area contributed by atoms with Crippen molar-refractivity contribution < 1.29 is 4.79 Å². The molecule has 1 N–H and O–H groups in total. The largest absolute Gasteiger partial charge is 0.319 e. The lowest BCUT2D eigenvalue weighted by atomic mass is 10.3. The van der Waals surface area contributed by atoms with Crippen molar-refractivity contribution in [2.45, 2.75) is 0 Å². The number of nitrogens with one attached hydrogen (secondary N) is 1. The molecule has 2 aromatic rings. The zero-order valence-corrected chi connectivity index (χ0v) is 8.98. The Hall–Kier alpha value is -1.94. The van der Waals surface area contributed by atoms with Crippen LogP contribution < -0.4 is 5.32 Å². The number of carbonyl (C=O) groups excluding carboxylic acids is 1. The lowest BCUT2D eigenvalue weighted by Gasteiger charge is -2.03. The second kappa shape index (κ2) is 4.72. The first kappa shape index (κ1) is 10.6. The van der Waals surface area contributed by atoms with E-state index in [1.807, 2.05) is 0 Å². The van der Waals surface area contributed by atoms with Crippen LogP contribution in [0.3, 0.4) is 0 Å². The molecular weight excluding hydrogens is 226 g/mol. The first-order valence-electron chi connectivity index (χ1n) is 4.59. The third kappa shape index (κ3) is 2.55. The molecule has 1 amide bonds. The van der Waals surface area contributed by atoms with Crippen molar-refractivity contribution in [3.8, 4) is 0 Å². The maximum atomic E-state index is 11.7. The van der Waals surface area contributed by atoms with Crippen molar-refractivity contribution in [2.24, 2.45) is 0 Å². The number of carbonyl (C=O) groups is 1. The first-order chi connectivity index (χ1) is 7.75. The van der Waals surface area contributed by atoms with Crippen molar-refractivity contribution in [3.63, 3.8) is 0 Å². The van der Waals surface area contributed by atoms with Crippen LogP contribution in [0.1, 0.15) is 10.5 Å². The molecule has 0 spiro atoms. The molecule has 4 nitrogen and oxygen atoms in total. The van der Waals surface area contributed by atoms with Gasteiger partial charge in [0.15, 0.2) is 0 Å². The molecule has 80 valence electrons. The van der Waals surface area contributed by atoms with E-state index in [1.165, 1.54) is 0 Å². The number of pyridine rings is 2. The fraction of sp³-hybridized carbons (Fsp3) is 0. The normalized spacial score (nSPS) is 9.81. The van der Waals surface area contributed by atoms with Gasteiger partial charge in [0, 0.05) is 6.20 Å². The molecule has 0 saturated heterocycles. The van der Waals surface area contributed by atoms with Gasteiger partial charge in [0.1, 0.15) is 10.8 Å². The molecule has 0 aliphatic carbocycles. The van der Waals surface area contributed by atoms with E-state index in [4.69, 9.17) is 11.6 Å². The minimum Gasteiger partial charge on any atom is -0.319 e. The molecule has 0 aliphatic rings. The summed E-state index contributed by atoms with van der Waals surface area (Å²) in [5.41, 5.74) is 0.894. The molecule has 0 fully saturated rings.